The van der Waals surface area contributed by atoms with Crippen LogP contribution in [-0.2, 0) is 35.0 Å². The van der Waals surface area contributed by atoms with Crippen LogP contribution in [0, 0.1) is 35.5 Å². The minimum absolute atomic E-state index is 0.0422. The molecule has 0 aromatic heterocycles. The van der Waals surface area contributed by atoms with E-state index in [1.807, 2.05) is 180 Å². The van der Waals surface area contributed by atoms with Crippen molar-refractivity contribution in [3.05, 3.63) is 187 Å². The first-order valence-corrected chi connectivity index (χ1v) is 45.1. The van der Waals surface area contributed by atoms with Crippen molar-refractivity contribution in [1.29, 1.82) is 0 Å². The second-order valence-electron chi connectivity index (χ2n) is 33.0. The fraction of sp³-hybridized carbons (Fsp3) is 0.614. The first-order chi connectivity index (χ1) is 48.7. The van der Waals surface area contributed by atoms with Crippen molar-refractivity contribution in [2.75, 3.05) is 13.7 Å². The molecule has 7 nitrogen and oxygen atoms in total. The molecule has 0 spiro atoms. The van der Waals surface area contributed by atoms with Crippen LogP contribution < -0.4 is 4.74 Å². The Morgan fingerprint density at radius 3 is 1.42 bits per heavy atom. The first kappa shape index (κ1) is 93.5. The van der Waals surface area contributed by atoms with Crippen molar-refractivity contribution >= 4 is 25.0 Å². The van der Waals surface area contributed by atoms with Gasteiger partial charge in [0, 0.05) is 24.7 Å². The number of methoxy groups -OCH3 is 1. The average Bonchev–Trinajstić information content (AvgIpc) is 0.709. The van der Waals surface area contributed by atoms with E-state index < -0.39 is 119 Å². The monoisotopic (exact) mass is 1560 g/mol. The molecular formula is C83H121F13O7Si3. The van der Waals surface area contributed by atoms with Crippen LogP contribution >= 0.6 is 0 Å². The van der Waals surface area contributed by atoms with Gasteiger partial charge in [-0.25, -0.2) is 0 Å². The van der Waals surface area contributed by atoms with Crippen LogP contribution in [0.1, 0.15) is 165 Å². The molecule has 4 rings (SSSR count). The average molecular weight is 1560 g/mol. The van der Waals surface area contributed by atoms with E-state index >= 15 is 26.3 Å². The highest BCUT2D eigenvalue weighted by atomic mass is 28.4. The molecule has 0 bridgehead atoms. The van der Waals surface area contributed by atoms with Crippen LogP contribution in [0.25, 0.3) is 0 Å². The van der Waals surface area contributed by atoms with Gasteiger partial charge in [-0.05, 0) is 131 Å². The zero-order valence-electron chi connectivity index (χ0n) is 66.2. The lowest BCUT2D eigenvalue weighted by Gasteiger charge is -2.46. The third kappa shape index (κ3) is 22.7. The van der Waals surface area contributed by atoms with Gasteiger partial charge in [-0.3, -0.25) is 0 Å². The van der Waals surface area contributed by atoms with Crippen molar-refractivity contribution < 1.29 is 89.7 Å². The number of halogens is 13. The van der Waals surface area contributed by atoms with Gasteiger partial charge in [-0.15, -0.1) is 0 Å². The number of ether oxygens (including phenoxy) is 3. The van der Waals surface area contributed by atoms with Crippen LogP contribution in [0.4, 0.5) is 57.1 Å². The molecule has 23 heteroatoms. The predicted molar refractivity (Wildman–Crippen MR) is 409 cm³/mol. The fourth-order valence-corrected chi connectivity index (χ4v) is 20.9. The minimum Gasteiger partial charge on any atom is -0.497 e. The fourth-order valence-electron chi connectivity index (χ4n) is 13.4. The van der Waals surface area contributed by atoms with Gasteiger partial charge in [0.05, 0.1) is 50.8 Å². The second-order valence-corrected chi connectivity index (χ2v) is 47.4. The number of rotatable bonds is 43. The predicted octanol–water partition coefficient (Wildman–Crippen LogP) is 25.2. The van der Waals surface area contributed by atoms with Crippen LogP contribution in [0.15, 0.2) is 164 Å². The maximum atomic E-state index is 16.2. The molecular weight excluding hydrogens is 1440 g/mol. The normalized spacial score (nSPS) is 17.4. The van der Waals surface area contributed by atoms with Gasteiger partial charge in [0.1, 0.15) is 11.4 Å². The molecule has 0 aliphatic rings. The maximum Gasteiger partial charge on any atom is 0.460 e. The van der Waals surface area contributed by atoms with Gasteiger partial charge in [-0.1, -0.05) is 263 Å². The summed E-state index contributed by atoms with van der Waals surface area (Å²) in [6.45, 7) is 43.6. The number of benzene rings is 4. The van der Waals surface area contributed by atoms with E-state index in [-0.39, 0.29) is 59.9 Å². The van der Waals surface area contributed by atoms with E-state index in [1.54, 1.807) is 60.0 Å². The van der Waals surface area contributed by atoms with Crippen molar-refractivity contribution in [1.82, 2.24) is 0 Å². The molecule has 0 heterocycles. The van der Waals surface area contributed by atoms with Gasteiger partial charge < -0.3 is 32.6 Å². The Labute approximate surface area is 628 Å². The molecule has 0 fully saturated rings. The molecule has 598 valence electrons. The molecule has 0 aliphatic carbocycles. The molecule has 0 saturated heterocycles. The SMILES string of the molecule is C=C/C=C/[C@H](C)[C@H](OCc1ccc(OC)cc1)[C@@H](C)[C@H](O)CC[C@H](C)C[C@H](C)[C@@H](O[Si](C)(C)C(C)(C)C)[C@@H](C)C=C[C@H](C[C@H](O[Si](CCC(F)(F)C(F)(F)C(F)(F)C(F)(F)C(F)(F)C(F)(F)F)(C(C)C)C(C)C)[C@@H](C)/C=C/COC(c1ccccc1)(c1ccccc1)c1ccccc1)O[Si](C)(C)C(C)(C)C. The number of alkyl halides is 13. The molecule has 4 aromatic carbocycles. The topological polar surface area (TPSA) is 75.6 Å². The molecule has 0 unspecified atom stereocenters. The molecule has 0 aliphatic heterocycles. The Kier molecular flexibility index (Phi) is 33.4. The molecule has 0 radical (unpaired) electrons. The molecule has 1 N–H and O–H groups in total. The van der Waals surface area contributed by atoms with E-state index in [0.29, 0.717) is 25.9 Å². The van der Waals surface area contributed by atoms with E-state index in [4.69, 9.17) is 27.5 Å². The molecule has 0 saturated carbocycles. The molecule has 4 aromatic rings. The Hall–Kier alpha value is -4.86. The highest BCUT2D eigenvalue weighted by molar-refractivity contribution is 6.76. The van der Waals surface area contributed by atoms with Gasteiger partial charge in [0.25, 0.3) is 0 Å². The van der Waals surface area contributed by atoms with Gasteiger partial charge in [-0.2, -0.15) is 57.1 Å². The smallest absolute Gasteiger partial charge is 0.460 e. The summed E-state index contributed by atoms with van der Waals surface area (Å²) in [5.74, 6) is -38.2. The van der Waals surface area contributed by atoms with Gasteiger partial charge in [0.15, 0.2) is 25.0 Å². The molecule has 11 atom stereocenters. The third-order valence-electron chi connectivity index (χ3n) is 22.3. The van der Waals surface area contributed by atoms with Crippen LogP contribution in [0.2, 0.25) is 53.4 Å². The summed E-state index contributed by atoms with van der Waals surface area (Å²) in [5, 5.41) is 11.3. The van der Waals surface area contributed by atoms with Crippen LogP contribution in [0.3, 0.4) is 0 Å². The van der Waals surface area contributed by atoms with Gasteiger partial charge in [0.2, 0.25) is 0 Å². The van der Waals surface area contributed by atoms with Crippen LogP contribution in [0.5, 0.6) is 5.75 Å². The van der Waals surface area contributed by atoms with Crippen molar-refractivity contribution in [2.24, 2.45) is 35.5 Å². The highest BCUT2D eigenvalue weighted by Crippen LogP contribution is 2.62. The Morgan fingerprint density at radius 2 is 0.972 bits per heavy atom. The summed E-state index contributed by atoms with van der Waals surface area (Å²) < 4.78 is 233. The minimum atomic E-state index is -8.03. The summed E-state index contributed by atoms with van der Waals surface area (Å²) in [5.41, 5.74) is 0.487. The van der Waals surface area contributed by atoms with E-state index in [0.717, 1.165) is 28.0 Å². The van der Waals surface area contributed by atoms with E-state index in [2.05, 4.69) is 68.1 Å². The Morgan fingerprint density at radius 1 is 0.509 bits per heavy atom. The highest BCUT2D eigenvalue weighted by Gasteiger charge is 2.90. The summed E-state index contributed by atoms with van der Waals surface area (Å²) in [7, 11) is -8.05. The number of aliphatic hydroxyl groups excluding tert-OH is 1. The largest absolute Gasteiger partial charge is 0.497 e. The van der Waals surface area contributed by atoms with Gasteiger partial charge >= 0.3 is 35.8 Å². The lowest BCUT2D eigenvalue weighted by Crippen LogP contribution is -2.70. The number of hydrogen-bond acceptors (Lipinski definition) is 7. The van der Waals surface area contributed by atoms with E-state index in [1.165, 1.54) is 0 Å². The summed E-state index contributed by atoms with van der Waals surface area (Å²) >= 11 is 0. The lowest BCUT2D eigenvalue weighted by molar-refractivity contribution is -0.440. The standard InChI is InChI=1S/C83H121F13O7Si3/c1-23-24-35-61(8)74(99-56-65-45-48-69(98-18)49-46-65)64(11)71(97)50-43-59(6)54-63(10)73(103-105(21,22)76(15,16)17)62(9)44-47-70(101-104(19,20)75(12,13)14)55-72(60(7)36-34-52-100-78(66-37-28-25-29-38-66,67-39-30-26-31-40-67)68-41-32-27-33-42-68)102-106(57(2)3,58(4)5)53-51-77(84,85)79(86,87)80(88,89)81(90,91)82(92,93)83(94,95)96/h23-42,44-49,57-64,70-74,97H,1,43,50-56H2,2-22H3/b35-24+,36-34+,47-44?/t59-,60-,61-,62-,63-,64-,70+,71+,72-,73-,74-/m0/s1. The zero-order valence-corrected chi connectivity index (χ0v) is 69.2. The first-order valence-electron chi connectivity index (χ1n) is 37.1. The summed E-state index contributed by atoms with van der Waals surface area (Å²) in [6.07, 6.45) is 1.74. The maximum absolute atomic E-state index is 16.2. The lowest BCUT2D eigenvalue weighted by atomic mass is 9.80. The number of allylic oxidation sites excluding steroid dienone is 2. The third-order valence-corrected chi connectivity index (χ3v) is 37.0. The molecule has 106 heavy (non-hydrogen) atoms. The number of aliphatic hydroxyl groups is 1. The van der Waals surface area contributed by atoms with E-state index in [9.17, 15) is 35.8 Å². The van der Waals surface area contributed by atoms with Crippen LogP contribution in [-0.4, -0.2) is 110 Å². The molecule has 0 amide bonds. The quantitative estimate of drug-likeness (QED) is 0.0156. The summed E-state index contributed by atoms with van der Waals surface area (Å²) in [6, 6.07) is 35.2. The van der Waals surface area contributed by atoms with Crippen molar-refractivity contribution in [3.63, 3.8) is 0 Å². The van der Waals surface area contributed by atoms with Crippen molar-refractivity contribution in [3.8, 4) is 5.75 Å². The number of hydrogen-bond donors (Lipinski definition) is 1. The summed E-state index contributed by atoms with van der Waals surface area (Å²) in [4.78, 5) is 0. The Balaban J connectivity index is 1.88. The zero-order chi connectivity index (χ0) is 80.7. The Bertz CT molecular complexity index is 3250. The van der Waals surface area contributed by atoms with Crippen molar-refractivity contribution in [2.45, 2.75) is 275 Å². The second kappa shape index (κ2) is 37.9.